The van der Waals surface area contributed by atoms with Crippen molar-refractivity contribution in [3.63, 3.8) is 0 Å². The number of rotatable bonds is 1. The molecule has 1 aromatic heterocycles. The number of carbonyl (C=O) groups is 1. The summed E-state index contributed by atoms with van der Waals surface area (Å²) in [5, 5.41) is 2.27. The molecule has 0 radical (unpaired) electrons. The zero-order valence-corrected chi connectivity index (χ0v) is 12.6. The fourth-order valence-electron chi connectivity index (χ4n) is 1.10. The Morgan fingerprint density at radius 1 is 1.37 bits per heavy atom. The highest BCUT2D eigenvalue weighted by atomic mass is 127. The van der Waals surface area contributed by atoms with Crippen molar-refractivity contribution in [1.29, 1.82) is 0 Å². The second-order valence-electron chi connectivity index (χ2n) is 4.67. The standard InChI is InChI=1S/C11H12F3IN2O2/c1-10(2,3)19-9(18)17-7-4-8(11(12,13)14)16-5-6(7)15/h4-5H,1-3H3,(H,16,17,18). The van der Waals surface area contributed by atoms with E-state index in [1.165, 1.54) is 0 Å². The SMILES string of the molecule is CC(C)(C)OC(=O)Nc1cc(C(F)(F)F)ncc1I. The van der Waals surface area contributed by atoms with Crippen molar-refractivity contribution in [2.24, 2.45) is 0 Å². The molecule has 1 amide bonds. The summed E-state index contributed by atoms with van der Waals surface area (Å²) in [5.41, 5.74) is -1.79. The molecule has 0 atom stereocenters. The fourth-order valence-corrected chi connectivity index (χ4v) is 1.53. The topological polar surface area (TPSA) is 51.2 Å². The summed E-state index contributed by atoms with van der Waals surface area (Å²) in [6, 6.07) is 0.770. The van der Waals surface area contributed by atoms with Crippen molar-refractivity contribution in [3.8, 4) is 0 Å². The van der Waals surface area contributed by atoms with E-state index < -0.39 is 23.6 Å². The van der Waals surface area contributed by atoms with Crippen LogP contribution in [0.5, 0.6) is 0 Å². The summed E-state index contributed by atoms with van der Waals surface area (Å²) in [7, 11) is 0. The van der Waals surface area contributed by atoms with Crippen LogP contribution >= 0.6 is 22.6 Å². The molecule has 19 heavy (non-hydrogen) atoms. The van der Waals surface area contributed by atoms with Crippen LogP contribution in [0.1, 0.15) is 26.5 Å². The monoisotopic (exact) mass is 388 g/mol. The maximum Gasteiger partial charge on any atom is 0.433 e. The molecule has 4 nitrogen and oxygen atoms in total. The van der Waals surface area contributed by atoms with E-state index in [1.807, 2.05) is 0 Å². The van der Waals surface area contributed by atoms with Gasteiger partial charge in [0.05, 0.1) is 9.26 Å². The van der Waals surface area contributed by atoms with Crippen LogP contribution in [0.4, 0.5) is 23.7 Å². The highest BCUT2D eigenvalue weighted by molar-refractivity contribution is 14.1. The molecule has 8 heteroatoms. The van der Waals surface area contributed by atoms with Gasteiger partial charge >= 0.3 is 12.3 Å². The lowest BCUT2D eigenvalue weighted by Gasteiger charge is -2.20. The molecule has 0 unspecified atom stereocenters. The molecule has 0 aromatic carbocycles. The smallest absolute Gasteiger partial charge is 0.433 e. The Hall–Kier alpha value is -1.06. The minimum atomic E-state index is -4.56. The molecule has 0 bridgehead atoms. The molecule has 0 aliphatic heterocycles. The van der Waals surface area contributed by atoms with Gasteiger partial charge in [-0.05, 0) is 49.4 Å². The number of alkyl halides is 3. The van der Waals surface area contributed by atoms with Crippen molar-refractivity contribution in [3.05, 3.63) is 21.5 Å². The first kappa shape index (κ1) is 16.0. The quantitative estimate of drug-likeness (QED) is 0.739. The molecule has 1 N–H and O–H groups in total. The van der Waals surface area contributed by atoms with E-state index in [1.54, 1.807) is 43.4 Å². The van der Waals surface area contributed by atoms with Crippen molar-refractivity contribution in [1.82, 2.24) is 4.98 Å². The van der Waals surface area contributed by atoms with Crippen LogP contribution in [0.15, 0.2) is 12.3 Å². The van der Waals surface area contributed by atoms with Gasteiger partial charge in [0, 0.05) is 6.20 Å². The lowest BCUT2D eigenvalue weighted by atomic mass is 10.2. The Morgan fingerprint density at radius 2 is 1.95 bits per heavy atom. The summed E-state index contributed by atoms with van der Waals surface area (Å²) in [4.78, 5) is 14.8. The van der Waals surface area contributed by atoms with E-state index >= 15 is 0 Å². The van der Waals surface area contributed by atoms with Gasteiger partial charge < -0.3 is 4.74 Å². The third-order valence-electron chi connectivity index (χ3n) is 1.78. The number of anilines is 1. The molecule has 1 aromatic rings. The number of halogens is 4. The molecular weight excluding hydrogens is 376 g/mol. The Balaban J connectivity index is 2.92. The first-order chi connectivity index (χ1) is 8.49. The number of amides is 1. The third kappa shape index (κ3) is 5.21. The first-order valence-corrected chi connectivity index (χ1v) is 6.29. The predicted octanol–water partition coefficient (Wildman–Crippen LogP) is 4.05. The number of hydrogen-bond donors (Lipinski definition) is 1. The predicted molar refractivity (Wildman–Crippen MR) is 71.8 cm³/mol. The van der Waals surface area contributed by atoms with Gasteiger partial charge in [0.15, 0.2) is 0 Å². The lowest BCUT2D eigenvalue weighted by molar-refractivity contribution is -0.141. The van der Waals surface area contributed by atoms with Crippen LogP contribution in [0.25, 0.3) is 0 Å². The summed E-state index contributed by atoms with van der Waals surface area (Å²) in [6.07, 6.45) is -4.34. The summed E-state index contributed by atoms with van der Waals surface area (Å²) < 4.78 is 42.9. The van der Waals surface area contributed by atoms with Crippen LogP contribution < -0.4 is 5.32 Å². The van der Waals surface area contributed by atoms with E-state index in [9.17, 15) is 18.0 Å². The molecule has 0 fully saturated rings. The van der Waals surface area contributed by atoms with Gasteiger partial charge in [-0.2, -0.15) is 13.2 Å². The van der Waals surface area contributed by atoms with E-state index in [-0.39, 0.29) is 5.69 Å². The van der Waals surface area contributed by atoms with E-state index in [0.29, 0.717) is 3.57 Å². The average Bonchev–Trinajstić information content (AvgIpc) is 2.16. The number of carbonyl (C=O) groups excluding carboxylic acids is 1. The Morgan fingerprint density at radius 3 is 2.42 bits per heavy atom. The first-order valence-electron chi connectivity index (χ1n) is 5.22. The summed E-state index contributed by atoms with van der Waals surface area (Å²) >= 11 is 1.78. The number of nitrogens with zero attached hydrogens (tertiary/aromatic N) is 1. The van der Waals surface area contributed by atoms with Gasteiger partial charge in [0.1, 0.15) is 11.3 Å². The molecule has 1 rings (SSSR count). The van der Waals surface area contributed by atoms with Crippen LogP contribution in [0.3, 0.4) is 0 Å². The molecule has 106 valence electrons. The largest absolute Gasteiger partial charge is 0.444 e. The van der Waals surface area contributed by atoms with Gasteiger partial charge in [0.25, 0.3) is 0 Å². The number of nitrogens with one attached hydrogen (secondary N) is 1. The molecule has 0 saturated heterocycles. The van der Waals surface area contributed by atoms with E-state index in [2.05, 4.69) is 10.3 Å². The van der Waals surface area contributed by atoms with Crippen molar-refractivity contribution in [2.75, 3.05) is 5.32 Å². The van der Waals surface area contributed by atoms with Crippen LogP contribution in [-0.2, 0) is 10.9 Å². The van der Waals surface area contributed by atoms with Crippen LogP contribution in [0, 0.1) is 3.57 Å². The molecular formula is C11H12F3IN2O2. The van der Waals surface area contributed by atoms with Gasteiger partial charge in [0.2, 0.25) is 0 Å². The molecule has 0 aliphatic carbocycles. The molecule has 0 spiro atoms. The zero-order valence-electron chi connectivity index (χ0n) is 10.4. The second-order valence-corrected chi connectivity index (χ2v) is 5.84. The van der Waals surface area contributed by atoms with E-state index in [4.69, 9.17) is 4.74 Å². The van der Waals surface area contributed by atoms with Crippen LogP contribution in [0.2, 0.25) is 0 Å². The number of pyridine rings is 1. The third-order valence-corrected chi connectivity index (χ3v) is 2.64. The van der Waals surface area contributed by atoms with Gasteiger partial charge in [-0.25, -0.2) is 4.79 Å². The molecule has 1 heterocycles. The highest BCUT2D eigenvalue weighted by Crippen LogP contribution is 2.30. The Bertz CT molecular complexity index is 484. The fraction of sp³-hybridized carbons (Fsp3) is 0.455. The Kier molecular flexibility index (Phi) is 4.64. The van der Waals surface area contributed by atoms with Crippen molar-refractivity contribution >= 4 is 34.4 Å². The number of aromatic nitrogens is 1. The van der Waals surface area contributed by atoms with Crippen molar-refractivity contribution < 1.29 is 22.7 Å². The lowest BCUT2D eigenvalue weighted by Crippen LogP contribution is -2.27. The normalized spacial score (nSPS) is 12.2. The minimum absolute atomic E-state index is 0.0113. The average molecular weight is 388 g/mol. The molecule has 0 saturated carbocycles. The zero-order chi connectivity index (χ0) is 14.8. The number of hydrogen-bond acceptors (Lipinski definition) is 3. The minimum Gasteiger partial charge on any atom is -0.444 e. The van der Waals surface area contributed by atoms with Crippen LogP contribution in [-0.4, -0.2) is 16.7 Å². The summed E-state index contributed by atoms with van der Waals surface area (Å²) in [5.74, 6) is 0. The van der Waals surface area contributed by atoms with Gasteiger partial charge in [-0.3, -0.25) is 10.3 Å². The van der Waals surface area contributed by atoms with E-state index in [0.717, 1.165) is 12.3 Å². The Labute approximate surface area is 121 Å². The molecule has 0 aliphatic rings. The summed E-state index contributed by atoms with van der Waals surface area (Å²) in [6.45, 7) is 4.97. The van der Waals surface area contributed by atoms with Crippen molar-refractivity contribution in [2.45, 2.75) is 32.5 Å². The number of ether oxygens (including phenoxy) is 1. The highest BCUT2D eigenvalue weighted by Gasteiger charge is 2.33. The second kappa shape index (κ2) is 5.51. The maximum absolute atomic E-state index is 12.5. The van der Waals surface area contributed by atoms with Gasteiger partial charge in [-0.1, -0.05) is 0 Å². The van der Waals surface area contributed by atoms with Gasteiger partial charge in [-0.15, -0.1) is 0 Å². The maximum atomic E-state index is 12.5.